The number of likely N-dealkylation sites (tertiary alicyclic amines) is 1. The molecule has 1 aromatic carbocycles. The summed E-state index contributed by atoms with van der Waals surface area (Å²) in [6.45, 7) is 3.34. The molecule has 1 saturated carbocycles. The lowest BCUT2D eigenvalue weighted by Gasteiger charge is -2.31. The SMILES string of the molecule is Cc1ccc(NC(=O)C2CCN(C(=O)NC3CC3)CC2)cc1. The van der Waals surface area contributed by atoms with Crippen LogP contribution in [0.3, 0.4) is 0 Å². The number of nitrogens with one attached hydrogen (secondary N) is 2. The first-order chi connectivity index (χ1) is 10.6. The lowest BCUT2D eigenvalue weighted by molar-refractivity contribution is -0.121. The molecule has 1 aromatic rings. The van der Waals surface area contributed by atoms with Gasteiger partial charge in [0, 0.05) is 30.7 Å². The molecule has 118 valence electrons. The number of amides is 3. The van der Waals surface area contributed by atoms with Crippen LogP contribution in [0.2, 0.25) is 0 Å². The Labute approximate surface area is 131 Å². The van der Waals surface area contributed by atoms with Crippen LogP contribution in [-0.4, -0.2) is 36.0 Å². The van der Waals surface area contributed by atoms with Crippen molar-refractivity contribution in [1.82, 2.24) is 10.2 Å². The molecule has 5 nitrogen and oxygen atoms in total. The summed E-state index contributed by atoms with van der Waals surface area (Å²) in [7, 11) is 0. The van der Waals surface area contributed by atoms with Gasteiger partial charge in [0.1, 0.15) is 0 Å². The van der Waals surface area contributed by atoms with E-state index >= 15 is 0 Å². The largest absolute Gasteiger partial charge is 0.335 e. The molecule has 0 aromatic heterocycles. The smallest absolute Gasteiger partial charge is 0.317 e. The molecule has 1 aliphatic carbocycles. The van der Waals surface area contributed by atoms with Crippen LogP contribution in [0.1, 0.15) is 31.2 Å². The third kappa shape index (κ3) is 3.78. The summed E-state index contributed by atoms with van der Waals surface area (Å²) in [5.41, 5.74) is 2.01. The van der Waals surface area contributed by atoms with E-state index in [2.05, 4.69) is 10.6 Å². The Morgan fingerprint density at radius 1 is 1.05 bits per heavy atom. The van der Waals surface area contributed by atoms with Gasteiger partial charge >= 0.3 is 6.03 Å². The number of carbonyl (C=O) groups excluding carboxylic acids is 2. The van der Waals surface area contributed by atoms with Gasteiger partial charge in [-0.05, 0) is 44.7 Å². The highest BCUT2D eigenvalue weighted by Gasteiger charge is 2.30. The molecule has 2 N–H and O–H groups in total. The Hall–Kier alpha value is -2.04. The standard InChI is InChI=1S/C17H23N3O2/c1-12-2-4-14(5-3-12)18-16(21)13-8-10-20(11-9-13)17(22)19-15-6-7-15/h2-5,13,15H,6-11H2,1H3,(H,18,21)(H,19,22). The summed E-state index contributed by atoms with van der Waals surface area (Å²) in [6, 6.07) is 8.23. The number of urea groups is 1. The van der Waals surface area contributed by atoms with E-state index in [0.29, 0.717) is 19.1 Å². The first-order valence-corrected chi connectivity index (χ1v) is 8.05. The van der Waals surface area contributed by atoms with Gasteiger partial charge in [0.2, 0.25) is 5.91 Å². The monoisotopic (exact) mass is 301 g/mol. The maximum atomic E-state index is 12.3. The van der Waals surface area contributed by atoms with Crippen molar-refractivity contribution in [3.63, 3.8) is 0 Å². The second-order valence-electron chi connectivity index (χ2n) is 6.34. The Bertz CT molecular complexity index is 544. The van der Waals surface area contributed by atoms with Gasteiger partial charge in [0.05, 0.1) is 0 Å². The maximum absolute atomic E-state index is 12.3. The normalized spacial score (nSPS) is 18.9. The Balaban J connectivity index is 1.46. The minimum atomic E-state index is -0.00808. The van der Waals surface area contributed by atoms with Crippen molar-refractivity contribution in [2.75, 3.05) is 18.4 Å². The molecule has 3 rings (SSSR count). The minimum absolute atomic E-state index is 0.00808. The van der Waals surface area contributed by atoms with Crippen molar-refractivity contribution in [2.24, 2.45) is 5.92 Å². The lowest BCUT2D eigenvalue weighted by atomic mass is 9.96. The average Bonchev–Trinajstić information content (AvgIpc) is 3.33. The average molecular weight is 301 g/mol. The zero-order valence-electron chi connectivity index (χ0n) is 13.0. The highest BCUT2D eigenvalue weighted by atomic mass is 16.2. The quantitative estimate of drug-likeness (QED) is 0.901. The molecule has 0 unspecified atom stereocenters. The van der Waals surface area contributed by atoms with Crippen molar-refractivity contribution in [1.29, 1.82) is 0 Å². The summed E-state index contributed by atoms with van der Waals surface area (Å²) < 4.78 is 0. The zero-order valence-corrected chi connectivity index (χ0v) is 13.0. The fourth-order valence-corrected chi connectivity index (χ4v) is 2.72. The van der Waals surface area contributed by atoms with Crippen molar-refractivity contribution >= 4 is 17.6 Å². The molecule has 0 spiro atoms. The number of rotatable bonds is 3. The summed E-state index contributed by atoms with van der Waals surface area (Å²) in [5, 5.41) is 5.97. The molecule has 5 heteroatoms. The van der Waals surface area contributed by atoms with Gasteiger partial charge in [0.25, 0.3) is 0 Å². The third-order valence-electron chi connectivity index (χ3n) is 4.38. The maximum Gasteiger partial charge on any atom is 0.317 e. The molecule has 0 bridgehead atoms. The van der Waals surface area contributed by atoms with Gasteiger partial charge in [-0.2, -0.15) is 0 Å². The van der Waals surface area contributed by atoms with Gasteiger partial charge in [-0.3, -0.25) is 4.79 Å². The highest BCUT2D eigenvalue weighted by Crippen LogP contribution is 2.22. The highest BCUT2D eigenvalue weighted by molar-refractivity contribution is 5.92. The second-order valence-corrected chi connectivity index (χ2v) is 6.34. The summed E-state index contributed by atoms with van der Waals surface area (Å²) >= 11 is 0. The summed E-state index contributed by atoms with van der Waals surface area (Å²) in [4.78, 5) is 26.1. The first kappa shape index (κ1) is 14.9. The van der Waals surface area contributed by atoms with E-state index in [1.165, 1.54) is 5.56 Å². The number of piperidine rings is 1. The van der Waals surface area contributed by atoms with E-state index in [9.17, 15) is 9.59 Å². The van der Waals surface area contributed by atoms with E-state index < -0.39 is 0 Å². The van der Waals surface area contributed by atoms with E-state index in [-0.39, 0.29) is 17.9 Å². The molecule has 1 heterocycles. The fourth-order valence-electron chi connectivity index (χ4n) is 2.72. The third-order valence-corrected chi connectivity index (χ3v) is 4.38. The lowest BCUT2D eigenvalue weighted by Crippen LogP contribution is -2.46. The fraction of sp³-hybridized carbons (Fsp3) is 0.529. The number of aryl methyl sites for hydroxylation is 1. The number of hydrogen-bond donors (Lipinski definition) is 2. The van der Waals surface area contributed by atoms with Crippen LogP contribution >= 0.6 is 0 Å². The van der Waals surface area contributed by atoms with Gasteiger partial charge in [0.15, 0.2) is 0 Å². The van der Waals surface area contributed by atoms with Gasteiger partial charge in [-0.1, -0.05) is 17.7 Å². The Morgan fingerprint density at radius 3 is 2.27 bits per heavy atom. The summed E-state index contributed by atoms with van der Waals surface area (Å²) in [6.07, 6.45) is 3.66. The second kappa shape index (κ2) is 6.38. The van der Waals surface area contributed by atoms with Crippen molar-refractivity contribution < 1.29 is 9.59 Å². The first-order valence-electron chi connectivity index (χ1n) is 8.05. The molecule has 22 heavy (non-hydrogen) atoms. The molecular weight excluding hydrogens is 278 g/mol. The molecule has 1 aliphatic heterocycles. The van der Waals surface area contributed by atoms with E-state index in [1.54, 1.807) is 0 Å². The van der Waals surface area contributed by atoms with Crippen LogP contribution in [0.4, 0.5) is 10.5 Å². The van der Waals surface area contributed by atoms with Crippen LogP contribution < -0.4 is 10.6 Å². The topological polar surface area (TPSA) is 61.4 Å². The number of carbonyl (C=O) groups is 2. The van der Waals surface area contributed by atoms with Crippen molar-refractivity contribution in [2.45, 2.75) is 38.6 Å². The number of nitrogens with zero attached hydrogens (tertiary/aromatic N) is 1. The Kier molecular flexibility index (Phi) is 4.32. The van der Waals surface area contributed by atoms with Crippen LogP contribution in [0.25, 0.3) is 0 Å². The van der Waals surface area contributed by atoms with Gasteiger partial charge in [-0.15, -0.1) is 0 Å². The zero-order chi connectivity index (χ0) is 15.5. The Morgan fingerprint density at radius 2 is 1.68 bits per heavy atom. The van der Waals surface area contributed by atoms with Crippen LogP contribution in [-0.2, 0) is 4.79 Å². The van der Waals surface area contributed by atoms with Crippen LogP contribution in [0.15, 0.2) is 24.3 Å². The number of anilines is 1. The van der Waals surface area contributed by atoms with E-state index in [4.69, 9.17) is 0 Å². The summed E-state index contributed by atoms with van der Waals surface area (Å²) in [5.74, 6) is 0.0531. The molecule has 2 fully saturated rings. The molecular formula is C17H23N3O2. The van der Waals surface area contributed by atoms with Crippen molar-refractivity contribution in [3.8, 4) is 0 Å². The molecule has 1 saturated heterocycles. The molecule has 0 radical (unpaired) electrons. The number of benzene rings is 1. The molecule has 3 amide bonds. The van der Waals surface area contributed by atoms with Crippen LogP contribution in [0, 0.1) is 12.8 Å². The van der Waals surface area contributed by atoms with Gasteiger partial charge in [-0.25, -0.2) is 4.79 Å². The predicted molar refractivity (Wildman–Crippen MR) is 85.7 cm³/mol. The van der Waals surface area contributed by atoms with Crippen molar-refractivity contribution in [3.05, 3.63) is 29.8 Å². The predicted octanol–water partition coefficient (Wildman–Crippen LogP) is 2.52. The van der Waals surface area contributed by atoms with Gasteiger partial charge < -0.3 is 15.5 Å². The van der Waals surface area contributed by atoms with E-state index in [1.807, 2.05) is 36.1 Å². The molecule has 2 aliphatic rings. The molecule has 0 atom stereocenters. The number of hydrogen-bond acceptors (Lipinski definition) is 2. The van der Waals surface area contributed by atoms with E-state index in [0.717, 1.165) is 31.4 Å². The van der Waals surface area contributed by atoms with Crippen LogP contribution in [0.5, 0.6) is 0 Å². The minimum Gasteiger partial charge on any atom is -0.335 e.